The number of hydrogen-bond donors (Lipinski definition) is 0. The van der Waals surface area contributed by atoms with Gasteiger partial charge in [0.25, 0.3) is 0 Å². The molecule has 0 N–H and O–H groups in total. The van der Waals surface area contributed by atoms with Crippen molar-refractivity contribution < 1.29 is 13.2 Å². The molecule has 0 unspecified atom stereocenters. The number of hydrogen-bond acceptors (Lipinski definition) is 7. The summed E-state index contributed by atoms with van der Waals surface area (Å²) in [4.78, 5) is 13.6. The standard InChI is InChI=1S/C16H25N5O3S/c1-13-12-15(18-16(17-13)20-8-10-24-11-9-20)19-4-6-21(7-5-19)25(22,23)14-2-3-14/h12,14H,2-11H2,1H3. The Kier molecular flexibility index (Phi) is 4.55. The topological polar surface area (TPSA) is 78.9 Å². The highest BCUT2D eigenvalue weighted by Gasteiger charge is 2.41. The van der Waals surface area contributed by atoms with Crippen LogP contribution >= 0.6 is 0 Å². The maximum atomic E-state index is 12.4. The van der Waals surface area contributed by atoms with Crippen molar-refractivity contribution in [2.75, 3.05) is 62.3 Å². The third kappa shape index (κ3) is 3.58. The molecule has 0 radical (unpaired) electrons. The first-order valence-corrected chi connectivity index (χ1v) is 10.5. The zero-order valence-electron chi connectivity index (χ0n) is 14.6. The van der Waals surface area contributed by atoms with Gasteiger partial charge in [0.1, 0.15) is 5.82 Å². The van der Waals surface area contributed by atoms with E-state index in [0.717, 1.165) is 43.4 Å². The van der Waals surface area contributed by atoms with Crippen molar-refractivity contribution in [1.29, 1.82) is 0 Å². The summed E-state index contributed by atoms with van der Waals surface area (Å²) < 4.78 is 31.8. The lowest BCUT2D eigenvalue weighted by Gasteiger charge is -2.35. The molecule has 0 atom stereocenters. The van der Waals surface area contributed by atoms with Gasteiger partial charge in [0.2, 0.25) is 16.0 Å². The fourth-order valence-electron chi connectivity index (χ4n) is 3.35. The first-order chi connectivity index (χ1) is 12.0. The van der Waals surface area contributed by atoms with Crippen molar-refractivity contribution in [3.63, 3.8) is 0 Å². The third-order valence-corrected chi connectivity index (χ3v) is 7.39. The molecule has 2 saturated heterocycles. The first kappa shape index (κ1) is 17.0. The minimum Gasteiger partial charge on any atom is -0.378 e. The van der Waals surface area contributed by atoms with E-state index in [9.17, 15) is 8.42 Å². The van der Waals surface area contributed by atoms with Crippen molar-refractivity contribution in [3.8, 4) is 0 Å². The van der Waals surface area contributed by atoms with Gasteiger partial charge in [-0.05, 0) is 19.8 Å². The molecule has 2 aliphatic heterocycles. The van der Waals surface area contributed by atoms with E-state index >= 15 is 0 Å². The average molecular weight is 367 g/mol. The zero-order chi connectivity index (χ0) is 17.4. The monoisotopic (exact) mass is 367 g/mol. The molecule has 3 heterocycles. The van der Waals surface area contributed by atoms with Crippen LogP contribution < -0.4 is 9.80 Å². The number of anilines is 2. The van der Waals surface area contributed by atoms with Crippen LogP contribution in [0.25, 0.3) is 0 Å². The summed E-state index contributed by atoms with van der Waals surface area (Å²) in [6, 6.07) is 1.98. The second-order valence-electron chi connectivity index (χ2n) is 6.90. The molecule has 25 heavy (non-hydrogen) atoms. The van der Waals surface area contributed by atoms with E-state index in [1.54, 1.807) is 4.31 Å². The lowest BCUT2D eigenvalue weighted by molar-refractivity contribution is 0.122. The van der Waals surface area contributed by atoms with Crippen molar-refractivity contribution in [1.82, 2.24) is 14.3 Å². The summed E-state index contributed by atoms with van der Waals surface area (Å²) >= 11 is 0. The van der Waals surface area contributed by atoms with E-state index < -0.39 is 10.0 Å². The summed E-state index contributed by atoms with van der Waals surface area (Å²) in [6.07, 6.45) is 1.63. The van der Waals surface area contributed by atoms with Crippen LogP contribution in [-0.4, -0.2) is 80.4 Å². The minimum atomic E-state index is -3.08. The quantitative estimate of drug-likeness (QED) is 0.754. The van der Waals surface area contributed by atoms with Crippen molar-refractivity contribution in [2.45, 2.75) is 25.0 Å². The van der Waals surface area contributed by atoms with Crippen LogP contribution in [0.4, 0.5) is 11.8 Å². The molecular formula is C16H25N5O3S. The van der Waals surface area contributed by atoms with E-state index in [1.165, 1.54) is 0 Å². The maximum absolute atomic E-state index is 12.4. The number of nitrogens with zero attached hydrogens (tertiary/aromatic N) is 5. The Hall–Kier alpha value is -1.45. The van der Waals surface area contributed by atoms with Crippen LogP contribution in [0, 0.1) is 6.92 Å². The number of piperazine rings is 1. The van der Waals surface area contributed by atoms with Gasteiger partial charge in [0.15, 0.2) is 0 Å². The summed E-state index contributed by atoms with van der Waals surface area (Å²) in [5, 5.41) is -0.131. The molecule has 1 aromatic heterocycles. The number of aromatic nitrogens is 2. The van der Waals surface area contributed by atoms with Gasteiger partial charge in [-0.3, -0.25) is 0 Å². The summed E-state index contributed by atoms with van der Waals surface area (Å²) in [6.45, 7) is 7.39. The van der Waals surface area contributed by atoms with Crippen LogP contribution in [-0.2, 0) is 14.8 Å². The van der Waals surface area contributed by atoms with Gasteiger partial charge in [-0.15, -0.1) is 0 Å². The third-order valence-electron chi connectivity index (χ3n) is 4.99. The Labute approximate surface area is 148 Å². The molecule has 0 aromatic carbocycles. The van der Waals surface area contributed by atoms with Crippen LogP contribution in [0.5, 0.6) is 0 Å². The molecule has 8 nitrogen and oxygen atoms in total. The van der Waals surface area contributed by atoms with Crippen LogP contribution in [0.15, 0.2) is 6.07 Å². The molecule has 9 heteroatoms. The molecule has 3 fully saturated rings. The number of sulfonamides is 1. The van der Waals surface area contributed by atoms with Gasteiger partial charge in [-0.25, -0.2) is 13.4 Å². The fourth-order valence-corrected chi connectivity index (χ4v) is 5.18. The van der Waals surface area contributed by atoms with Crippen molar-refractivity contribution >= 4 is 21.8 Å². The highest BCUT2D eigenvalue weighted by molar-refractivity contribution is 7.90. The van der Waals surface area contributed by atoms with E-state index in [2.05, 4.69) is 14.8 Å². The number of rotatable bonds is 4. The summed E-state index contributed by atoms with van der Waals surface area (Å²) in [5.41, 5.74) is 0.930. The van der Waals surface area contributed by atoms with Gasteiger partial charge in [-0.1, -0.05) is 0 Å². The van der Waals surface area contributed by atoms with Gasteiger partial charge in [0.05, 0.1) is 18.5 Å². The number of ether oxygens (including phenoxy) is 1. The molecule has 0 bridgehead atoms. The molecule has 1 saturated carbocycles. The molecule has 0 spiro atoms. The fraction of sp³-hybridized carbons (Fsp3) is 0.750. The minimum absolute atomic E-state index is 0.131. The van der Waals surface area contributed by atoms with Gasteiger partial charge in [0, 0.05) is 51.0 Å². The normalized spacial score (nSPS) is 23.1. The molecule has 3 aliphatic rings. The Balaban J connectivity index is 1.46. The van der Waals surface area contributed by atoms with Crippen molar-refractivity contribution in [3.05, 3.63) is 11.8 Å². The highest BCUT2D eigenvalue weighted by atomic mass is 32.2. The Morgan fingerprint density at radius 1 is 1.00 bits per heavy atom. The maximum Gasteiger partial charge on any atom is 0.227 e. The molecule has 0 amide bonds. The molecule has 1 aromatic rings. The predicted octanol–water partition coefficient (Wildman–Crippen LogP) is 0.236. The van der Waals surface area contributed by atoms with Crippen molar-refractivity contribution in [2.24, 2.45) is 0 Å². The number of morpholine rings is 1. The summed E-state index contributed by atoms with van der Waals surface area (Å²) in [5.74, 6) is 1.63. The molecular weight excluding hydrogens is 342 g/mol. The van der Waals surface area contributed by atoms with E-state index in [4.69, 9.17) is 9.72 Å². The summed E-state index contributed by atoms with van der Waals surface area (Å²) in [7, 11) is -3.08. The second kappa shape index (κ2) is 6.69. The van der Waals surface area contributed by atoms with Crippen LogP contribution in [0.2, 0.25) is 0 Å². The highest BCUT2D eigenvalue weighted by Crippen LogP contribution is 2.31. The smallest absolute Gasteiger partial charge is 0.227 e. The predicted molar refractivity (Wildman–Crippen MR) is 95.5 cm³/mol. The largest absolute Gasteiger partial charge is 0.378 e. The molecule has 4 rings (SSSR count). The lowest BCUT2D eigenvalue weighted by atomic mass is 10.3. The zero-order valence-corrected chi connectivity index (χ0v) is 15.4. The molecule has 138 valence electrons. The Morgan fingerprint density at radius 2 is 1.68 bits per heavy atom. The van der Waals surface area contributed by atoms with Crippen LogP contribution in [0.3, 0.4) is 0 Å². The van der Waals surface area contributed by atoms with Crippen LogP contribution in [0.1, 0.15) is 18.5 Å². The van der Waals surface area contributed by atoms with Gasteiger partial charge in [-0.2, -0.15) is 9.29 Å². The Morgan fingerprint density at radius 3 is 2.32 bits per heavy atom. The van der Waals surface area contributed by atoms with E-state index in [0.29, 0.717) is 39.4 Å². The van der Waals surface area contributed by atoms with E-state index in [1.807, 2.05) is 13.0 Å². The SMILES string of the molecule is Cc1cc(N2CCN(S(=O)(=O)C3CC3)CC2)nc(N2CCOCC2)n1. The van der Waals surface area contributed by atoms with Gasteiger partial charge >= 0.3 is 0 Å². The molecule has 1 aliphatic carbocycles. The lowest BCUT2D eigenvalue weighted by Crippen LogP contribution is -2.50. The average Bonchev–Trinajstić information content (AvgIpc) is 3.48. The number of aryl methyl sites for hydroxylation is 1. The van der Waals surface area contributed by atoms with E-state index in [-0.39, 0.29) is 5.25 Å². The Bertz CT molecular complexity index is 723. The first-order valence-electron chi connectivity index (χ1n) is 8.96. The second-order valence-corrected chi connectivity index (χ2v) is 9.11. The van der Waals surface area contributed by atoms with Gasteiger partial charge < -0.3 is 14.5 Å².